The van der Waals surface area contributed by atoms with Gasteiger partial charge in [-0.25, -0.2) is 4.98 Å². The number of nitrogens with zero attached hydrogens (tertiary/aromatic N) is 2. The fraction of sp³-hybridized carbons (Fsp3) is 0.111. The molecule has 1 aliphatic carbocycles. The van der Waals surface area contributed by atoms with Crippen molar-refractivity contribution < 1.29 is 0 Å². The van der Waals surface area contributed by atoms with Crippen LogP contribution in [0.15, 0.2) is 33.1 Å². The minimum absolute atomic E-state index is 0.952. The molecule has 1 aromatic rings. The molecule has 2 aliphatic rings. The number of thioether (sulfide) groups is 1. The monoisotopic (exact) mass is 206 g/mol. The molecule has 3 rings (SSSR count). The number of allylic oxidation sites excluding steroid dienone is 2. The van der Waals surface area contributed by atoms with Crippen LogP contribution in [0.2, 0.25) is 0 Å². The Morgan fingerprint density at radius 3 is 3.38 bits per heavy atom. The molecule has 0 unspecified atom stereocenters. The Morgan fingerprint density at radius 2 is 2.38 bits per heavy atom. The number of thiazole rings is 1. The lowest BCUT2D eigenvalue weighted by atomic mass is 10.1. The van der Waals surface area contributed by atoms with Gasteiger partial charge in [-0.1, -0.05) is 17.8 Å². The van der Waals surface area contributed by atoms with E-state index >= 15 is 0 Å². The van der Waals surface area contributed by atoms with E-state index in [1.165, 1.54) is 15.5 Å². The smallest absolute Gasteiger partial charge is 0.0957 e. The molecule has 1 aromatic heterocycles. The summed E-state index contributed by atoms with van der Waals surface area (Å²) in [7, 11) is 0. The third kappa shape index (κ3) is 1.09. The average Bonchev–Trinajstić information content (AvgIpc) is 2.65. The first-order valence-corrected chi connectivity index (χ1v) is 5.74. The maximum absolute atomic E-state index is 4.38. The van der Waals surface area contributed by atoms with Gasteiger partial charge in [0.1, 0.15) is 0 Å². The van der Waals surface area contributed by atoms with E-state index in [9.17, 15) is 0 Å². The highest BCUT2D eigenvalue weighted by Crippen LogP contribution is 2.33. The third-order valence-electron chi connectivity index (χ3n) is 2.03. The van der Waals surface area contributed by atoms with Crippen molar-refractivity contribution in [2.75, 3.05) is 0 Å². The van der Waals surface area contributed by atoms with E-state index in [4.69, 9.17) is 0 Å². The zero-order valence-corrected chi connectivity index (χ0v) is 8.36. The van der Waals surface area contributed by atoms with Gasteiger partial charge in [-0.15, -0.1) is 11.3 Å². The van der Waals surface area contributed by atoms with Crippen LogP contribution in [0, 0.1) is 0 Å². The van der Waals surface area contributed by atoms with Crippen molar-refractivity contribution in [3.05, 3.63) is 38.7 Å². The molecule has 0 saturated heterocycles. The van der Waals surface area contributed by atoms with E-state index in [0.717, 1.165) is 12.1 Å². The number of hydrogen-bond acceptors (Lipinski definition) is 4. The summed E-state index contributed by atoms with van der Waals surface area (Å²) in [6, 6.07) is 0. The minimum atomic E-state index is 0.952. The zero-order chi connectivity index (χ0) is 8.67. The zero-order valence-electron chi connectivity index (χ0n) is 6.73. The lowest BCUT2D eigenvalue weighted by molar-refractivity contribution is 1.13. The summed E-state index contributed by atoms with van der Waals surface area (Å²) >= 11 is 3.42. The highest BCUT2D eigenvalue weighted by Gasteiger charge is 2.21. The lowest BCUT2D eigenvalue weighted by Crippen LogP contribution is -2.10. The van der Waals surface area contributed by atoms with Crippen LogP contribution in [-0.4, -0.2) is 10.7 Å². The summed E-state index contributed by atoms with van der Waals surface area (Å²) in [6.45, 7) is 0. The van der Waals surface area contributed by atoms with Gasteiger partial charge in [0.25, 0.3) is 0 Å². The van der Waals surface area contributed by atoms with E-state index in [1.807, 2.05) is 17.1 Å². The highest BCUT2D eigenvalue weighted by atomic mass is 32.2. The van der Waals surface area contributed by atoms with Crippen molar-refractivity contribution in [3.63, 3.8) is 0 Å². The molecule has 2 heterocycles. The Balaban J connectivity index is 2.22. The molecule has 0 saturated carbocycles. The van der Waals surface area contributed by atoms with E-state index < -0.39 is 0 Å². The second kappa shape index (κ2) is 2.82. The van der Waals surface area contributed by atoms with Crippen molar-refractivity contribution in [1.82, 2.24) is 4.98 Å². The van der Waals surface area contributed by atoms with Gasteiger partial charge in [0.2, 0.25) is 0 Å². The maximum Gasteiger partial charge on any atom is 0.0957 e. The standard InChI is InChI=1S/C9H6N2S2/c1-2-7-8(10-3-4-12-7)9-6(1)11-5-13-9/h2-5H,1H2. The SMILES string of the molecule is C1=CSC2=CCc3ncsc3C2=N1. The van der Waals surface area contributed by atoms with Crippen molar-refractivity contribution in [1.29, 1.82) is 0 Å². The summed E-state index contributed by atoms with van der Waals surface area (Å²) in [4.78, 5) is 11.2. The van der Waals surface area contributed by atoms with Crippen LogP contribution in [0.25, 0.3) is 0 Å². The molecule has 13 heavy (non-hydrogen) atoms. The molecule has 0 amide bonds. The fourth-order valence-electron chi connectivity index (χ4n) is 1.44. The topological polar surface area (TPSA) is 25.2 Å². The first kappa shape index (κ1) is 7.53. The number of aliphatic imine (C=N–C) groups is 1. The number of rotatable bonds is 0. The van der Waals surface area contributed by atoms with Crippen LogP contribution >= 0.6 is 23.1 Å². The van der Waals surface area contributed by atoms with E-state index in [2.05, 4.69) is 16.1 Å². The molecular weight excluding hydrogens is 200 g/mol. The quantitative estimate of drug-likeness (QED) is 0.652. The second-order valence-corrected chi connectivity index (χ2v) is 4.58. The van der Waals surface area contributed by atoms with Gasteiger partial charge in [0.15, 0.2) is 0 Å². The van der Waals surface area contributed by atoms with Crippen LogP contribution in [0.1, 0.15) is 10.6 Å². The normalized spacial score (nSPS) is 18.8. The van der Waals surface area contributed by atoms with Crippen molar-refractivity contribution in [2.45, 2.75) is 6.42 Å². The fourth-order valence-corrected chi connectivity index (χ4v) is 3.05. The van der Waals surface area contributed by atoms with Crippen LogP contribution in [0.3, 0.4) is 0 Å². The van der Waals surface area contributed by atoms with Crippen molar-refractivity contribution >= 4 is 28.8 Å². The van der Waals surface area contributed by atoms with Gasteiger partial charge in [-0.3, -0.25) is 4.99 Å². The Hall–Kier alpha value is -0.870. The molecule has 0 fully saturated rings. The molecule has 0 radical (unpaired) electrons. The predicted molar refractivity (Wildman–Crippen MR) is 57.2 cm³/mol. The predicted octanol–water partition coefficient (Wildman–Crippen LogP) is 2.59. The van der Waals surface area contributed by atoms with Gasteiger partial charge >= 0.3 is 0 Å². The molecule has 2 nitrogen and oxygen atoms in total. The van der Waals surface area contributed by atoms with Gasteiger partial charge in [-0.2, -0.15) is 0 Å². The number of fused-ring (bicyclic) bond motifs is 3. The first-order valence-electron chi connectivity index (χ1n) is 3.98. The van der Waals surface area contributed by atoms with Crippen LogP contribution < -0.4 is 0 Å². The van der Waals surface area contributed by atoms with Gasteiger partial charge in [-0.05, 0) is 5.41 Å². The summed E-state index contributed by atoms with van der Waals surface area (Å²) in [5, 5.41) is 2.02. The molecule has 0 atom stereocenters. The Labute approximate surface area is 84.1 Å². The van der Waals surface area contributed by atoms with Gasteiger partial charge in [0, 0.05) is 17.5 Å². The van der Waals surface area contributed by atoms with E-state index in [1.54, 1.807) is 23.1 Å². The van der Waals surface area contributed by atoms with Crippen LogP contribution in [0.4, 0.5) is 0 Å². The van der Waals surface area contributed by atoms with Crippen LogP contribution in [-0.2, 0) is 6.42 Å². The highest BCUT2D eigenvalue weighted by molar-refractivity contribution is 8.06. The third-order valence-corrected chi connectivity index (χ3v) is 3.78. The molecule has 64 valence electrons. The molecular formula is C9H6N2S2. The molecule has 0 aromatic carbocycles. The first-order chi connectivity index (χ1) is 6.45. The largest absolute Gasteiger partial charge is 0.254 e. The Kier molecular flexibility index (Phi) is 1.63. The summed E-state index contributed by atoms with van der Waals surface area (Å²) in [5.74, 6) is 0. The van der Waals surface area contributed by atoms with Crippen molar-refractivity contribution in [2.24, 2.45) is 4.99 Å². The Morgan fingerprint density at radius 1 is 1.38 bits per heavy atom. The Bertz CT molecular complexity index is 440. The summed E-state index contributed by atoms with van der Waals surface area (Å²) < 4.78 is 0. The average molecular weight is 206 g/mol. The van der Waals surface area contributed by atoms with E-state index in [-0.39, 0.29) is 0 Å². The lowest BCUT2D eigenvalue weighted by Gasteiger charge is -2.14. The molecule has 0 spiro atoms. The molecule has 4 heteroatoms. The molecule has 0 N–H and O–H groups in total. The van der Waals surface area contributed by atoms with Gasteiger partial charge < -0.3 is 0 Å². The number of aromatic nitrogens is 1. The van der Waals surface area contributed by atoms with Crippen LogP contribution in [0.5, 0.6) is 0 Å². The maximum atomic E-state index is 4.38. The molecule has 1 aliphatic heterocycles. The minimum Gasteiger partial charge on any atom is -0.254 e. The van der Waals surface area contributed by atoms with Gasteiger partial charge in [0.05, 0.1) is 21.8 Å². The summed E-state index contributed by atoms with van der Waals surface area (Å²) in [5.41, 5.74) is 4.17. The molecule has 0 bridgehead atoms. The van der Waals surface area contributed by atoms with Crippen molar-refractivity contribution in [3.8, 4) is 0 Å². The van der Waals surface area contributed by atoms with E-state index in [0.29, 0.717) is 0 Å². The second-order valence-electron chi connectivity index (χ2n) is 2.78. The number of hydrogen-bond donors (Lipinski definition) is 0. The summed E-state index contributed by atoms with van der Waals surface area (Å²) in [6.07, 6.45) is 5.01.